The Morgan fingerprint density at radius 3 is 2.95 bits per heavy atom. The largest absolute Gasteiger partial charge is 0.301 e. The van der Waals surface area contributed by atoms with E-state index in [0.29, 0.717) is 15.2 Å². The zero-order valence-corrected chi connectivity index (χ0v) is 13.3. The van der Waals surface area contributed by atoms with Crippen LogP contribution < -0.4 is 5.56 Å². The number of hydrogen-bond acceptors (Lipinski definition) is 4. The normalized spacial score (nSPS) is 10.7. The molecule has 100 valence electrons. The number of aryl methyl sites for hydroxylation is 1. The van der Waals surface area contributed by atoms with E-state index in [0.717, 1.165) is 23.0 Å². The van der Waals surface area contributed by atoms with Gasteiger partial charge in [0.15, 0.2) is 5.16 Å². The van der Waals surface area contributed by atoms with Crippen LogP contribution in [0.25, 0.3) is 0 Å². The van der Waals surface area contributed by atoms with Crippen LogP contribution in [0, 0.1) is 0 Å². The van der Waals surface area contributed by atoms with Gasteiger partial charge in [-0.05, 0) is 40.2 Å². The molecule has 0 radical (unpaired) electrons. The Balaban J connectivity index is 2.30. The van der Waals surface area contributed by atoms with E-state index in [1.807, 2.05) is 6.92 Å². The van der Waals surface area contributed by atoms with E-state index in [9.17, 15) is 4.79 Å². The van der Waals surface area contributed by atoms with E-state index in [2.05, 4.69) is 30.9 Å². The van der Waals surface area contributed by atoms with Crippen molar-refractivity contribution in [3.05, 3.63) is 43.9 Å². The zero-order chi connectivity index (χ0) is 13.8. The smallest absolute Gasteiger partial charge is 0.251 e. The Hall–Kier alpha value is -0.850. The molecular formula is C12H11BrClN3OS. The van der Waals surface area contributed by atoms with Crippen LogP contribution in [0.5, 0.6) is 0 Å². The molecular weight excluding hydrogens is 350 g/mol. The highest BCUT2D eigenvalue weighted by molar-refractivity contribution is 9.10. The van der Waals surface area contributed by atoms with Crippen LogP contribution in [0.15, 0.2) is 37.8 Å². The maximum Gasteiger partial charge on any atom is 0.251 e. The van der Waals surface area contributed by atoms with Gasteiger partial charge in [0.05, 0.1) is 5.02 Å². The second-order valence-electron chi connectivity index (χ2n) is 3.83. The first-order valence-electron chi connectivity index (χ1n) is 5.67. The molecule has 0 aliphatic rings. The molecule has 4 nitrogen and oxygen atoms in total. The second-order valence-corrected chi connectivity index (χ2v) is 6.13. The van der Waals surface area contributed by atoms with Crippen molar-refractivity contribution >= 4 is 39.3 Å². The summed E-state index contributed by atoms with van der Waals surface area (Å²) >= 11 is 10.6. The maximum absolute atomic E-state index is 11.5. The van der Waals surface area contributed by atoms with Crippen molar-refractivity contribution in [3.63, 3.8) is 0 Å². The van der Waals surface area contributed by atoms with E-state index in [4.69, 9.17) is 11.6 Å². The number of aromatic amines is 1. The van der Waals surface area contributed by atoms with Crippen molar-refractivity contribution in [2.24, 2.45) is 0 Å². The highest BCUT2D eigenvalue weighted by atomic mass is 79.9. The van der Waals surface area contributed by atoms with Crippen molar-refractivity contribution < 1.29 is 0 Å². The van der Waals surface area contributed by atoms with Gasteiger partial charge in [-0.1, -0.05) is 24.9 Å². The topological polar surface area (TPSA) is 58.6 Å². The first-order valence-corrected chi connectivity index (χ1v) is 7.66. The number of halogens is 2. The van der Waals surface area contributed by atoms with Crippen molar-refractivity contribution in [1.29, 1.82) is 0 Å². The predicted molar refractivity (Wildman–Crippen MR) is 79.9 cm³/mol. The minimum absolute atomic E-state index is 0.158. The lowest BCUT2D eigenvalue weighted by atomic mass is 10.2. The van der Waals surface area contributed by atoms with Gasteiger partial charge in [-0.25, -0.2) is 9.97 Å². The fraction of sp³-hybridized carbons (Fsp3) is 0.250. The van der Waals surface area contributed by atoms with E-state index >= 15 is 0 Å². The van der Waals surface area contributed by atoms with Gasteiger partial charge in [0.25, 0.3) is 5.56 Å². The number of nitrogens with one attached hydrogen (secondary N) is 1. The summed E-state index contributed by atoms with van der Waals surface area (Å²) in [6.45, 7) is 2.04. The number of hydrogen-bond donors (Lipinski definition) is 1. The summed E-state index contributed by atoms with van der Waals surface area (Å²) in [4.78, 5) is 22.8. The Morgan fingerprint density at radius 1 is 1.47 bits per heavy atom. The molecule has 19 heavy (non-hydrogen) atoms. The molecule has 0 fully saturated rings. The second kappa shape index (κ2) is 6.54. The molecule has 7 heteroatoms. The molecule has 0 saturated heterocycles. The monoisotopic (exact) mass is 359 g/mol. The van der Waals surface area contributed by atoms with Crippen molar-refractivity contribution in [1.82, 2.24) is 15.0 Å². The first kappa shape index (κ1) is 14.6. The van der Waals surface area contributed by atoms with Crippen molar-refractivity contribution in [2.75, 3.05) is 0 Å². The summed E-state index contributed by atoms with van der Waals surface area (Å²) in [5.74, 6) is 0. The minimum Gasteiger partial charge on any atom is -0.301 e. The Morgan fingerprint density at radius 2 is 2.26 bits per heavy atom. The predicted octanol–water partition coefficient (Wildman–Crippen LogP) is 3.68. The molecule has 0 aliphatic heterocycles. The van der Waals surface area contributed by atoms with E-state index in [-0.39, 0.29) is 5.56 Å². The highest BCUT2D eigenvalue weighted by Crippen LogP contribution is 2.30. The molecule has 0 amide bonds. The lowest BCUT2D eigenvalue weighted by Crippen LogP contribution is -2.09. The minimum atomic E-state index is -0.158. The van der Waals surface area contributed by atoms with Crippen LogP contribution in [0.4, 0.5) is 0 Å². The fourth-order valence-electron chi connectivity index (χ4n) is 1.48. The van der Waals surface area contributed by atoms with Gasteiger partial charge in [-0.3, -0.25) is 4.79 Å². The molecule has 0 atom stereocenters. The molecule has 2 heterocycles. The number of H-pyrrole nitrogens is 1. The van der Waals surface area contributed by atoms with Gasteiger partial charge in [0.1, 0.15) is 5.03 Å². The third-order valence-corrected chi connectivity index (χ3v) is 3.99. The Labute approximate surface area is 128 Å². The van der Waals surface area contributed by atoms with E-state index < -0.39 is 0 Å². The maximum atomic E-state index is 11.5. The molecule has 0 bridgehead atoms. The summed E-state index contributed by atoms with van der Waals surface area (Å²) in [6, 6.07) is 3.27. The van der Waals surface area contributed by atoms with Crippen LogP contribution in [0.3, 0.4) is 0 Å². The molecule has 1 N–H and O–H groups in total. The van der Waals surface area contributed by atoms with Crippen LogP contribution >= 0.6 is 39.3 Å². The lowest BCUT2D eigenvalue weighted by Gasteiger charge is -2.04. The zero-order valence-electron chi connectivity index (χ0n) is 10.1. The summed E-state index contributed by atoms with van der Waals surface area (Å²) in [5, 5.41) is 1.64. The van der Waals surface area contributed by atoms with Crippen LogP contribution in [0.1, 0.15) is 19.0 Å². The Bertz CT molecular complexity index is 647. The molecule has 0 saturated carbocycles. The third-order valence-electron chi connectivity index (χ3n) is 2.25. The van der Waals surface area contributed by atoms with Gasteiger partial charge >= 0.3 is 0 Å². The number of pyridine rings is 1. The SMILES string of the molecule is CCCc1cc(=O)[nH]c(Sc2ncc(Br)cc2Cl)n1. The standard InChI is InChI=1S/C12H11BrClN3OS/c1-2-3-8-5-10(18)17-12(16-8)19-11-9(14)4-7(13)6-15-11/h4-6H,2-3H2,1H3,(H,16,17,18). The number of aromatic nitrogens is 3. The van der Waals surface area contributed by atoms with Crippen molar-refractivity contribution in [3.8, 4) is 0 Å². The van der Waals surface area contributed by atoms with Crippen molar-refractivity contribution in [2.45, 2.75) is 29.9 Å². The first-order chi connectivity index (χ1) is 9.08. The average Bonchev–Trinajstić information content (AvgIpc) is 2.32. The molecule has 0 spiro atoms. The Kier molecular flexibility index (Phi) is 5.01. The molecule has 2 aromatic rings. The van der Waals surface area contributed by atoms with Gasteiger partial charge in [0.2, 0.25) is 0 Å². The number of nitrogens with zero attached hydrogens (tertiary/aromatic N) is 2. The van der Waals surface area contributed by atoms with Crippen LogP contribution in [0.2, 0.25) is 5.02 Å². The van der Waals surface area contributed by atoms with Crippen LogP contribution in [-0.2, 0) is 6.42 Å². The van der Waals surface area contributed by atoms with Gasteiger partial charge in [-0.15, -0.1) is 0 Å². The summed E-state index contributed by atoms with van der Waals surface area (Å²) in [7, 11) is 0. The molecule has 0 unspecified atom stereocenters. The molecule has 2 aromatic heterocycles. The van der Waals surface area contributed by atoms with Gasteiger partial charge in [0, 0.05) is 22.4 Å². The highest BCUT2D eigenvalue weighted by Gasteiger charge is 2.08. The van der Waals surface area contributed by atoms with E-state index in [1.54, 1.807) is 12.3 Å². The average molecular weight is 361 g/mol. The fourth-order valence-corrected chi connectivity index (χ4v) is 2.99. The summed E-state index contributed by atoms with van der Waals surface area (Å²) in [6.07, 6.45) is 3.37. The molecule has 0 aliphatic carbocycles. The third kappa shape index (κ3) is 4.06. The molecule has 2 rings (SSSR count). The van der Waals surface area contributed by atoms with Crippen LogP contribution in [-0.4, -0.2) is 15.0 Å². The lowest BCUT2D eigenvalue weighted by molar-refractivity contribution is 0.815. The quantitative estimate of drug-likeness (QED) is 0.845. The molecule has 0 aromatic carbocycles. The summed E-state index contributed by atoms with van der Waals surface area (Å²) in [5.41, 5.74) is 0.621. The van der Waals surface area contributed by atoms with Gasteiger partial charge < -0.3 is 4.98 Å². The van der Waals surface area contributed by atoms with E-state index in [1.165, 1.54) is 17.8 Å². The number of rotatable bonds is 4. The summed E-state index contributed by atoms with van der Waals surface area (Å²) < 4.78 is 0.808. The van der Waals surface area contributed by atoms with Gasteiger partial charge in [-0.2, -0.15) is 0 Å².